The van der Waals surface area contributed by atoms with Gasteiger partial charge in [0.1, 0.15) is 11.3 Å². The van der Waals surface area contributed by atoms with E-state index in [2.05, 4.69) is 15.0 Å². The predicted molar refractivity (Wildman–Crippen MR) is 105 cm³/mol. The number of nitrogens with zero attached hydrogens (tertiary/aromatic N) is 1. The molecule has 3 amide bonds. The zero-order chi connectivity index (χ0) is 24.0. The average Bonchev–Trinajstić information content (AvgIpc) is 3.09. The highest BCUT2D eigenvalue weighted by molar-refractivity contribution is 6.12. The fraction of sp³-hybridized carbons (Fsp3) is 0.333. The van der Waals surface area contributed by atoms with Crippen molar-refractivity contribution in [3.8, 4) is 5.75 Å². The van der Waals surface area contributed by atoms with Gasteiger partial charge in [-0.05, 0) is 51.0 Å². The van der Waals surface area contributed by atoms with Crippen molar-refractivity contribution in [3.05, 3.63) is 52.3 Å². The Labute approximate surface area is 180 Å². The molecule has 1 unspecified atom stereocenters. The van der Waals surface area contributed by atoms with Crippen molar-refractivity contribution in [2.24, 2.45) is 0 Å². The number of rotatable bonds is 6. The maximum Gasteiger partial charge on any atom is 0.573 e. The van der Waals surface area contributed by atoms with Gasteiger partial charge in [0.05, 0.1) is 12.2 Å². The number of H-pyrrole nitrogens is 1. The number of amides is 3. The smallest absolute Gasteiger partial charge is 0.406 e. The van der Waals surface area contributed by atoms with E-state index in [1.165, 1.54) is 26.0 Å². The van der Waals surface area contributed by atoms with Crippen LogP contribution in [-0.4, -0.2) is 46.3 Å². The van der Waals surface area contributed by atoms with Crippen LogP contribution in [0.1, 0.15) is 51.5 Å². The van der Waals surface area contributed by atoms with Crippen LogP contribution in [0.3, 0.4) is 0 Å². The number of Topliss-reactive ketones (excluding diaryl/α,β-unsaturated/α-hetero) is 2. The fourth-order valence-electron chi connectivity index (χ4n) is 3.81. The third kappa shape index (κ3) is 4.10. The number of hydrogen-bond donors (Lipinski definition) is 2. The monoisotopic (exact) mass is 451 g/mol. The van der Waals surface area contributed by atoms with E-state index in [-0.39, 0.29) is 17.0 Å². The standard InChI is InChI=1S/C21H20F3N3O5/c1-10-16(12(3)28)11(2)25-17(10)15(29)9-27-18(30)20(4,26-19(27)31)13-5-7-14(8-6-13)32-21(22,23)24/h5-8,25H,9H2,1-4H3,(H,26,31). The number of aromatic amines is 1. The van der Waals surface area contributed by atoms with Crippen LogP contribution in [-0.2, 0) is 10.3 Å². The second-order valence-corrected chi connectivity index (χ2v) is 7.62. The molecule has 1 aromatic heterocycles. The van der Waals surface area contributed by atoms with Gasteiger partial charge in [0, 0.05) is 11.3 Å². The molecular weight excluding hydrogens is 431 g/mol. The number of alkyl halides is 3. The van der Waals surface area contributed by atoms with Gasteiger partial charge in [-0.25, -0.2) is 4.79 Å². The lowest BCUT2D eigenvalue weighted by Crippen LogP contribution is -2.41. The average molecular weight is 451 g/mol. The van der Waals surface area contributed by atoms with Crippen LogP contribution in [0.25, 0.3) is 0 Å². The number of ketones is 2. The normalized spacial score (nSPS) is 18.7. The summed E-state index contributed by atoms with van der Waals surface area (Å²) in [6, 6.07) is 3.67. The van der Waals surface area contributed by atoms with Crippen molar-refractivity contribution in [1.29, 1.82) is 0 Å². The van der Waals surface area contributed by atoms with E-state index in [4.69, 9.17) is 0 Å². The summed E-state index contributed by atoms with van der Waals surface area (Å²) in [7, 11) is 0. The molecule has 0 bridgehead atoms. The van der Waals surface area contributed by atoms with Gasteiger partial charge in [0.15, 0.2) is 11.6 Å². The maximum atomic E-state index is 13.0. The number of nitrogens with one attached hydrogen (secondary N) is 2. The number of carbonyl (C=O) groups is 4. The fourth-order valence-corrected chi connectivity index (χ4v) is 3.81. The molecule has 1 aliphatic rings. The lowest BCUT2D eigenvalue weighted by atomic mass is 9.92. The molecule has 11 heteroatoms. The molecule has 2 heterocycles. The van der Waals surface area contributed by atoms with E-state index in [1.54, 1.807) is 13.8 Å². The molecular formula is C21H20F3N3O5. The minimum atomic E-state index is -4.86. The molecule has 0 saturated carbocycles. The van der Waals surface area contributed by atoms with Crippen LogP contribution in [0.5, 0.6) is 5.75 Å². The molecule has 0 spiro atoms. The van der Waals surface area contributed by atoms with Crippen molar-refractivity contribution in [2.75, 3.05) is 6.54 Å². The van der Waals surface area contributed by atoms with E-state index in [1.807, 2.05) is 0 Å². The van der Waals surface area contributed by atoms with Crippen LogP contribution in [0.15, 0.2) is 24.3 Å². The topological polar surface area (TPSA) is 109 Å². The molecule has 0 aliphatic carbocycles. The summed E-state index contributed by atoms with van der Waals surface area (Å²) in [4.78, 5) is 53.6. The summed E-state index contributed by atoms with van der Waals surface area (Å²) in [6.07, 6.45) is -4.86. The zero-order valence-electron chi connectivity index (χ0n) is 17.6. The van der Waals surface area contributed by atoms with Crippen LogP contribution in [0, 0.1) is 13.8 Å². The van der Waals surface area contributed by atoms with E-state index in [9.17, 15) is 32.3 Å². The number of aryl methyl sites for hydroxylation is 1. The van der Waals surface area contributed by atoms with Gasteiger partial charge in [0.25, 0.3) is 5.91 Å². The van der Waals surface area contributed by atoms with E-state index >= 15 is 0 Å². The lowest BCUT2D eigenvalue weighted by molar-refractivity contribution is -0.274. The summed E-state index contributed by atoms with van der Waals surface area (Å²) < 4.78 is 40.9. The number of imide groups is 1. The highest BCUT2D eigenvalue weighted by Crippen LogP contribution is 2.31. The first-order chi connectivity index (χ1) is 14.7. The van der Waals surface area contributed by atoms with Crippen LogP contribution < -0.4 is 10.1 Å². The Bertz CT molecular complexity index is 1120. The van der Waals surface area contributed by atoms with Crippen molar-refractivity contribution in [3.63, 3.8) is 0 Å². The molecule has 1 fully saturated rings. The summed E-state index contributed by atoms with van der Waals surface area (Å²) in [5.41, 5.74) is 0.0501. The number of halogens is 3. The molecule has 1 atom stereocenters. The number of aromatic nitrogens is 1. The second kappa shape index (κ2) is 7.81. The van der Waals surface area contributed by atoms with Gasteiger partial charge in [-0.2, -0.15) is 0 Å². The minimum Gasteiger partial charge on any atom is -0.406 e. The van der Waals surface area contributed by atoms with E-state index in [0.717, 1.165) is 17.0 Å². The van der Waals surface area contributed by atoms with Crippen molar-refractivity contribution in [2.45, 2.75) is 39.6 Å². The molecule has 2 aromatic rings. The molecule has 8 nitrogen and oxygen atoms in total. The Morgan fingerprint density at radius 1 is 1.12 bits per heavy atom. The first kappa shape index (κ1) is 23.0. The van der Waals surface area contributed by atoms with Gasteiger partial charge in [-0.15, -0.1) is 13.2 Å². The zero-order valence-corrected chi connectivity index (χ0v) is 17.6. The Morgan fingerprint density at radius 2 is 1.72 bits per heavy atom. The largest absolute Gasteiger partial charge is 0.573 e. The maximum absolute atomic E-state index is 13.0. The van der Waals surface area contributed by atoms with Crippen LogP contribution in [0.4, 0.5) is 18.0 Å². The third-order valence-electron chi connectivity index (χ3n) is 5.31. The first-order valence-corrected chi connectivity index (χ1v) is 9.48. The molecule has 1 saturated heterocycles. The van der Waals surface area contributed by atoms with Gasteiger partial charge < -0.3 is 15.0 Å². The minimum absolute atomic E-state index is 0.121. The van der Waals surface area contributed by atoms with Crippen molar-refractivity contribution >= 4 is 23.5 Å². The van der Waals surface area contributed by atoms with Crippen LogP contribution >= 0.6 is 0 Å². The lowest BCUT2D eigenvalue weighted by Gasteiger charge is -2.22. The van der Waals surface area contributed by atoms with Gasteiger partial charge in [0.2, 0.25) is 0 Å². The van der Waals surface area contributed by atoms with Gasteiger partial charge >= 0.3 is 12.4 Å². The van der Waals surface area contributed by atoms with E-state index in [0.29, 0.717) is 16.8 Å². The number of carbonyl (C=O) groups excluding carboxylic acids is 4. The number of ether oxygens (including phenoxy) is 1. The number of benzene rings is 1. The number of urea groups is 1. The Hall–Kier alpha value is -3.63. The number of hydrogen-bond acceptors (Lipinski definition) is 5. The molecule has 0 radical (unpaired) electrons. The second-order valence-electron chi connectivity index (χ2n) is 7.62. The molecule has 2 N–H and O–H groups in total. The molecule has 170 valence electrons. The highest BCUT2D eigenvalue weighted by Gasteiger charge is 2.49. The first-order valence-electron chi connectivity index (χ1n) is 9.48. The Balaban J connectivity index is 1.82. The van der Waals surface area contributed by atoms with Gasteiger partial charge in [-0.1, -0.05) is 12.1 Å². The Morgan fingerprint density at radius 3 is 2.22 bits per heavy atom. The SMILES string of the molecule is CC(=O)c1c(C)[nH]c(C(=O)CN2C(=O)NC(C)(c3ccc(OC(F)(F)F)cc3)C2=O)c1C. The third-order valence-corrected chi connectivity index (χ3v) is 5.31. The quantitative estimate of drug-likeness (QED) is 0.517. The summed E-state index contributed by atoms with van der Waals surface area (Å²) in [5.74, 6) is -2.02. The van der Waals surface area contributed by atoms with E-state index < -0.39 is 41.9 Å². The molecule has 3 rings (SSSR count). The van der Waals surface area contributed by atoms with Crippen LogP contribution in [0.2, 0.25) is 0 Å². The Kier molecular flexibility index (Phi) is 5.62. The predicted octanol–water partition coefficient (Wildman–Crippen LogP) is 3.38. The molecule has 32 heavy (non-hydrogen) atoms. The highest BCUT2D eigenvalue weighted by atomic mass is 19.4. The van der Waals surface area contributed by atoms with Crippen molar-refractivity contribution < 1.29 is 37.1 Å². The van der Waals surface area contributed by atoms with Crippen molar-refractivity contribution in [1.82, 2.24) is 15.2 Å². The molecule has 1 aromatic carbocycles. The summed E-state index contributed by atoms with van der Waals surface area (Å²) >= 11 is 0. The summed E-state index contributed by atoms with van der Waals surface area (Å²) in [5, 5.41) is 2.48. The summed E-state index contributed by atoms with van der Waals surface area (Å²) in [6.45, 7) is 5.40. The van der Waals surface area contributed by atoms with Gasteiger partial charge in [-0.3, -0.25) is 19.3 Å². The molecule has 1 aliphatic heterocycles.